The number of aromatic nitrogens is 6. The number of aryl methyl sites for hydroxylation is 1. The van der Waals surface area contributed by atoms with Crippen molar-refractivity contribution in [3.63, 3.8) is 0 Å². The fraction of sp³-hybridized carbons (Fsp3) is 0.211. The number of imidazole rings is 1. The largest absolute Gasteiger partial charge is 0.504 e. The van der Waals surface area contributed by atoms with Crippen LogP contribution >= 0.6 is 0 Å². The highest BCUT2D eigenvalue weighted by Gasteiger charge is 2.33. The van der Waals surface area contributed by atoms with E-state index in [-0.39, 0.29) is 24.0 Å². The Kier molecular flexibility index (Phi) is 3.73. The zero-order valence-corrected chi connectivity index (χ0v) is 15.7. The van der Waals surface area contributed by atoms with Crippen LogP contribution in [0.25, 0.3) is 17.0 Å². The van der Waals surface area contributed by atoms with Gasteiger partial charge >= 0.3 is 0 Å². The Balaban J connectivity index is 1.69. The number of H-pyrrole nitrogens is 1. The average Bonchev–Trinajstić information content (AvgIpc) is 3.32. The topological polar surface area (TPSA) is 131 Å². The van der Waals surface area contributed by atoms with Crippen molar-refractivity contribution in [3.8, 4) is 17.3 Å². The van der Waals surface area contributed by atoms with Crippen LogP contribution in [0.2, 0.25) is 0 Å². The number of phenols is 1. The fourth-order valence-corrected chi connectivity index (χ4v) is 3.82. The molecule has 0 saturated heterocycles. The lowest BCUT2D eigenvalue weighted by Crippen LogP contribution is -2.25. The van der Waals surface area contributed by atoms with E-state index in [1.165, 1.54) is 19.8 Å². The SMILES string of the molecule is COc1ccc([C@@H]2CC(=O)Nc3c2c(C)nn3-c2ncnc3nc[nH]c23)cc1O. The van der Waals surface area contributed by atoms with Crippen molar-refractivity contribution < 1.29 is 14.6 Å². The minimum absolute atomic E-state index is 0.0255. The average molecular weight is 391 g/mol. The number of hydrogen-bond acceptors (Lipinski definition) is 7. The third-order valence-corrected chi connectivity index (χ3v) is 5.11. The maximum atomic E-state index is 12.5. The molecule has 1 aliphatic rings. The van der Waals surface area contributed by atoms with Crippen LogP contribution in [0.4, 0.5) is 5.82 Å². The molecule has 1 aromatic carbocycles. The number of carbonyl (C=O) groups is 1. The van der Waals surface area contributed by atoms with Crippen LogP contribution in [-0.4, -0.2) is 47.8 Å². The molecule has 4 aromatic rings. The van der Waals surface area contributed by atoms with Crippen molar-refractivity contribution in [3.05, 3.63) is 47.7 Å². The normalized spacial score (nSPS) is 15.9. The van der Waals surface area contributed by atoms with Crippen molar-refractivity contribution >= 4 is 22.9 Å². The van der Waals surface area contributed by atoms with Gasteiger partial charge in [0.1, 0.15) is 17.7 Å². The number of rotatable bonds is 3. The number of aromatic amines is 1. The van der Waals surface area contributed by atoms with Gasteiger partial charge in [-0.05, 0) is 24.6 Å². The number of amides is 1. The number of phenolic OH excluding ortho intramolecular Hbond substituents is 1. The molecule has 1 atom stereocenters. The predicted molar refractivity (Wildman–Crippen MR) is 103 cm³/mol. The summed E-state index contributed by atoms with van der Waals surface area (Å²) in [6.45, 7) is 1.88. The maximum Gasteiger partial charge on any atom is 0.226 e. The first kappa shape index (κ1) is 17.2. The minimum Gasteiger partial charge on any atom is -0.504 e. The molecule has 3 N–H and O–H groups in total. The summed E-state index contributed by atoms with van der Waals surface area (Å²) in [6, 6.07) is 5.16. The molecule has 0 spiro atoms. The molecule has 1 amide bonds. The van der Waals surface area contributed by atoms with Crippen LogP contribution in [0.15, 0.2) is 30.9 Å². The second-order valence-electron chi connectivity index (χ2n) is 6.79. The third kappa shape index (κ3) is 2.60. The van der Waals surface area contributed by atoms with E-state index >= 15 is 0 Å². The molecule has 4 heterocycles. The molecule has 10 heteroatoms. The molecule has 0 bridgehead atoms. The smallest absolute Gasteiger partial charge is 0.226 e. The first-order valence-electron chi connectivity index (χ1n) is 8.97. The summed E-state index contributed by atoms with van der Waals surface area (Å²) in [5.74, 6) is 1.04. The van der Waals surface area contributed by atoms with E-state index in [2.05, 4.69) is 30.4 Å². The molecular weight excluding hydrogens is 374 g/mol. The van der Waals surface area contributed by atoms with Gasteiger partial charge in [0.15, 0.2) is 23.0 Å². The predicted octanol–water partition coefficient (Wildman–Crippen LogP) is 2.04. The van der Waals surface area contributed by atoms with Gasteiger partial charge in [-0.1, -0.05) is 6.07 Å². The molecule has 0 aliphatic carbocycles. The Morgan fingerprint density at radius 3 is 2.93 bits per heavy atom. The number of carbonyl (C=O) groups excluding carboxylic acids is 1. The summed E-state index contributed by atoms with van der Waals surface area (Å²) in [5, 5.41) is 17.8. The lowest BCUT2D eigenvalue weighted by Gasteiger charge is -2.24. The highest BCUT2D eigenvalue weighted by Crippen LogP contribution is 2.42. The molecule has 0 unspecified atom stereocenters. The summed E-state index contributed by atoms with van der Waals surface area (Å²) < 4.78 is 6.73. The minimum atomic E-state index is -0.261. The number of nitrogens with one attached hydrogen (secondary N) is 2. The van der Waals surface area contributed by atoms with Crippen LogP contribution in [0.3, 0.4) is 0 Å². The quantitative estimate of drug-likeness (QED) is 0.487. The third-order valence-electron chi connectivity index (χ3n) is 5.11. The maximum absolute atomic E-state index is 12.5. The second-order valence-corrected chi connectivity index (χ2v) is 6.79. The summed E-state index contributed by atoms with van der Waals surface area (Å²) in [4.78, 5) is 28.2. The van der Waals surface area contributed by atoms with E-state index in [9.17, 15) is 9.90 Å². The number of aromatic hydroxyl groups is 1. The number of methoxy groups -OCH3 is 1. The van der Waals surface area contributed by atoms with E-state index in [1.807, 2.05) is 13.0 Å². The highest BCUT2D eigenvalue weighted by atomic mass is 16.5. The summed E-state index contributed by atoms with van der Waals surface area (Å²) in [5.41, 5.74) is 3.57. The van der Waals surface area contributed by atoms with Gasteiger partial charge in [0.25, 0.3) is 0 Å². The van der Waals surface area contributed by atoms with Gasteiger partial charge < -0.3 is 20.1 Å². The van der Waals surface area contributed by atoms with Crippen molar-refractivity contribution in [2.45, 2.75) is 19.3 Å². The molecule has 5 rings (SSSR count). The summed E-state index contributed by atoms with van der Waals surface area (Å²) >= 11 is 0. The van der Waals surface area contributed by atoms with Gasteiger partial charge in [-0.3, -0.25) is 4.79 Å². The summed E-state index contributed by atoms with van der Waals surface area (Å²) in [7, 11) is 1.49. The van der Waals surface area contributed by atoms with E-state index in [0.29, 0.717) is 28.5 Å². The Labute approximate surface area is 164 Å². The highest BCUT2D eigenvalue weighted by molar-refractivity contribution is 5.95. The monoisotopic (exact) mass is 391 g/mol. The number of anilines is 1. The lowest BCUT2D eigenvalue weighted by molar-refractivity contribution is -0.116. The zero-order valence-electron chi connectivity index (χ0n) is 15.7. The number of nitrogens with zero attached hydrogens (tertiary/aromatic N) is 5. The molecule has 0 fully saturated rings. The number of fused-ring (bicyclic) bond motifs is 2. The van der Waals surface area contributed by atoms with Crippen LogP contribution < -0.4 is 10.1 Å². The van der Waals surface area contributed by atoms with Gasteiger partial charge in [-0.2, -0.15) is 9.78 Å². The van der Waals surface area contributed by atoms with Crippen molar-refractivity contribution in [1.82, 2.24) is 29.7 Å². The summed E-state index contributed by atoms with van der Waals surface area (Å²) in [6.07, 6.45) is 3.19. The van der Waals surface area contributed by atoms with Crippen LogP contribution in [-0.2, 0) is 4.79 Å². The standard InChI is InChI=1S/C19H17N7O3/c1-9-15-11(10-3-4-13(29-2)12(27)5-10)6-14(28)24-18(15)26(25-9)19-16-17(21-7-20-16)22-8-23-19/h3-5,7-8,11,27H,6H2,1-2H3,(H,24,28)(H,20,21,22,23)/t11-/m0/s1. The second kappa shape index (κ2) is 6.30. The van der Waals surface area contributed by atoms with E-state index in [1.54, 1.807) is 16.8 Å². The molecule has 0 radical (unpaired) electrons. The van der Waals surface area contributed by atoms with Crippen LogP contribution in [0, 0.1) is 6.92 Å². The van der Waals surface area contributed by atoms with Gasteiger partial charge in [0.2, 0.25) is 5.91 Å². The Morgan fingerprint density at radius 1 is 1.28 bits per heavy atom. The molecule has 29 heavy (non-hydrogen) atoms. The molecule has 0 saturated carbocycles. The van der Waals surface area contributed by atoms with Gasteiger partial charge in [-0.25, -0.2) is 15.0 Å². The van der Waals surface area contributed by atoms with Gasteiger partial charge in [0.05, 0.1) is 19.1 Å². The first-order valence-corrected chi connectivity index (χ1v) is 8.97. The van der Waals surface area contributed by atoms with E-state index in [0.717, 1.165) is 16.8 Å². The fourth-order valence-electron chi connectivity index (χ4n) is 3.82. The van der Waals surface area contributed by atoms with Crippen molar-refractivity contribution in [2.75, 3.05) is 12.4 Å². The van der Waals surface area contributed by atoms with Crippen LogP contribution in [0.5, 0.6) is 11.5 Å². The molecular formula is C19H17N7O3. The Morgan fingerprint density at radius 2 is 2.14 bits per heavy atom. The molecule has 146 valence electrons. The Bertz CT molecular complexity index is 1260. The first-order chi connectivity index (χ1) is 14.1. The van der Waals surface area contributed by atoms with E-state index in [4.69, 9.17) is 4.74 Å². The molecule has 3 aromatic heterocycles. The lowest BCUT2D eigenvalue weighted by atomic mass is 9.85. The van der Waals surface area contributed by atoms with Gasteiger partial charge in [-0.15, -0.1) is 0 Å². The van der Waals surface area contributed by atoms with Crippen molar-refractivity contribution in [2.24, 2.45) is 0 Å². The zero-order chi connectivity index (χ0) is 20.1. The number of ether oxygens (including phenoxy) is 1. The van der Waals surface area contributed by atoms with Crippen molar-refractivity contribution in [1.29, 1.82) is 0 Å². The number of benzene rings is 1. The van der Waals surface area contributed by atoms with E-state index < -0.39 is 0 Å². The van der Waals surface area contributed by atoms with Crippen LogP contribution in [0.1, 0.15) is 29.2 Å². The molecule has 10 nitrogen and oxygen atoms in total. The Hall–Kier alpha value is -3.95. The van der Waals surface area contributed by atoms with Gasteiger partial charge in [0, 0.05) is 17.9 Å². The number of hydrogen-bond donors (Lipinski definition) is 3. The molecule has 1 aliphatic heterocycles.